The molecule has 0 atom stereocenters. The first-order chi connectivity index (χ1) is 7.58. The van der Waals surface area contributed by atoms with Crippen molar-refractivity contribution in [3.63, 3.8) is 0 Å². The second-order valence-electron chi connectivity index (χ2n) is 4.26. The normalized spacial score (nSPS) is 15.7. The van der Waals surface area contributed by atoms with Crippen molar-refractivity contribution in [2.24, 2.45) is 5.92 Å². The van der Waals surface area contributed by atoms with Gasteiger partial charge in [0.1, 0.15) is 0 Å². The number of rotatable bonds is 2. The van der Waals surface area contributed by atoms with E-state index in [1.807, 2.05) is 26.0 Å². The highest BCUT2D eigenvalue weighted by atomic mass is 79.9. The molecule has 1 aliphatic rings. The number of nitrogens with one attached hydrogen (secondary N) is 2. The number of hydrogen-bond donors (Lipinski definition) is 2. The first-order valence-electron chi connectivity index (χ1n) is 5.36. The van der Waals surface area contributed by atoms with Crippen molar-refractivity contribution in [3.8, 4) is 0 Å². The van der Waals surface area contributed by atoms with Crippen LogP contribution in [0.1, 0.15) is 11.1 Å². The molecule has 16 heavy (non-hydrogen) atoms. The molecule has 4 heteroatoms. The van der Waals surface area contributed by atoms with Gasteiger partial charge in [-0.2, -0.15) is 0 Å². The predicted molar refractivity (Wildman–Crippen MR) is 68.6 cm³/mol. The molecular weight excluding hydrogens is 268 g/mol. The van der Waals surface area contributed by atoms with Gasteiger partial charge >= 0.3 is 0 Å². The third-order valence-corrected chi connectivity index (χ3v) is 3.36. The van der Waals surface area contributed by atoms with Crippen molar-refractivity contribution in [1.29, 1.82) is 0 Å². The lowest BCUT2D eigenvalue weighted by molar-refractivity contribution is -0.121. The van der Waals surface area contributed by atoms with Gasteiger partial charge in [-0.05, 0) is 37.1 Å². The van der Waals surface area contributed by atoms with Gasteiger partial charge in [0.2, 0.25) is 5.91 Å². The minimum atomic E-state index is 0.118. The van der Waals surface area contributed by atoms with Crippen LogP contribution in [0.25, 0.3) is 0 Å². The average molecular weight is 283 g/mol. The predicted octanol–water partition coefficient (Wildman–Crippen LogP) is 2.22. The highest BCUT2D eigenvalue weighted by Crippen LogP contribution is 2.25. The molecule has 1 fully saturated rings. The zero-order valence-electron chi connectivity index (χ0n) is 9.43. The molecule has 2 rings (SSSR count). The van der Waals surface area contributed by atoms with Crippen LogP contribution in [0.5, 0.6) is 0 Å². The van der Waals surface area contributed by atoms with E-state index in [0.29, 0.717) is 0 Å². The number of carbonyl (C=O) groups excluding carboxylic acids is 1. The smallest absolute Gasteiger partial charge is 0.230 e. The van der Waals surface area contributed by atoms with Crippen LogP contribution in [0.3, 0.4) is 0 Å². The van der Waals surface area contributed by atoms with E-state index in [4.69, 9.17) is 0 Å². The van der Waals surface area contributed by atoms with Crippen LogP contribution in [0.15, 0.2) is 16.6 Å². The van der Waals surface area contributed by atoms with Gasteiger partial charge in [0.25, 0.3) is 0 Å². The van der Waals surface area contributed by atoms with Crippen molar-refractivity contribution in [2.75, 3.05) is 18.4 Å². The van der Waals surface area contributed by atoms with Crippen LogP contribution in [-0.4, -0.2) is 19.0 Å². The molecule has 1 saturated heterocycles. The maximum absolute atomic E-state index is 11.8. The number of amides is 1. The maximum Gasteiger partial charge on any atom is 0.230 e. The Kier molecular flexibility index (Phi) is 3.30. The molecular formula is C12H15BrN2O. The molecule has 1 amide bonds. The van der Waals surface area contributed by atoms with Gasteiger partial charge < -0.3 is 10.6 Å². The van der Waals surface area contributed by atoms with Gasteiger partial charge in [-0.1, -0.05) is 15.9 Å². The van der Waals surface area contributed by atoms with E-state index in [1.165, 1.54) is 0 Å². The number of aryl methyl sites for hydroxylation is 2. The Morgan fingerprint density at radius 2 is 1.94 bits per heavy atom. The molecule has 1 aromatic carbocycles. The van der Waals surface area contributed by atoms with Crippen molar-refractivity contribution in [3.05, 3.63) is 27.7 Å². The van der Waals surface area contributed by atoms with E-state index in [-0.39, 0.29) is 11.8 Å². The number of anilines is 1. The van der Waals surface area contributed by atoms with Gasteiger partial charge in [-0.25, -0.2) is 0 Å². The Morgan fingerprint density at radius 3 is 2.38 bits per heavy atom. The second kappa shape index (κ2) is 4.55. The molecule has 1 heterocycles. The van der Waals surface area contributed by atoms with Gasteiger partial charge in [0.05, 0.1) is 5.92 Å². The Labute approximate surface area is 104 Å². The Hall–Kier alpha value is -0.870. The minimum absolute atomic E-state index is 0.118. The van der Waals surface area contributed by atoms with Crippen LogP contribution in [0, 0.1) is 19.8 Å². The molecule has 3 nitrogen and oxygen atoms in total. The van der Waals surface area contributed by atoms with Crippen LogP contribution < -0.4 is 10.6 Å². The second-order valence-corrected chi connectivity index (χ2v) is 5.17. The van der Waals surface area contributed by atoms with E-state index in [9.17, 15) is 4.79 Å². The summed E-state index contributed by atoms with van der Waals surface area (Å²) in [6, 6.07) is 4.03. The standard InChI is InChI=1S/C12H15BrN2O/c1-7-3-10(13)4-8(2)11(7)15-12(16)9-5-14-6-9/h3-4,9,14H,5-6H2,1-2H3,(H,15,16). The quantitative estimate of drug-likeness (QED) is 0.874. The molecule has 1 aliphatic heterocycles. The van der Waals surface area contributed by atoms with Gasteiger partial charge in [-0.15, -0.1) is 0 Å². The zero-order valence-corrected chi connectivity index (χ0v) is 11.0. The Morgan fingerprint density at radius 1 is 1.38 bits per heavy atom. The number of benzene rings is 1. The largest absolute Gasteiger partial charge is 0.325 e. The lowest BCUT2D eigenvalue weighted by Crippen LogP contribution is -2.48. The number of halogens is 1. The van der Waals surface area contributed by atoms with E-state index in [1.54, 1.807) is 0 Å². The summed E-state index contributed by atoms with van der Waals surface area (Å²) in [6.07, 6.45) is 0. The summed E-state index contributed by atoms with van der Waals surface area (Å²) >= 11 is 3.44. The lowest BCUT2D eigenvalue weighted by atomic mass is 10.0. The van der Waals surface area contributed by atoms with Crippen molar-refractivity contribution >= 4 is 27.5 Å². The lowest BCUT2D eigenvalue weighted by Gasteiger charge is -2.26. The molecule has 0 unspecified atom stereocenters. The Bertz CT molecular complexity index is 404. The summed E-state index contributed by atoms with van der Waals surface area (Å²) < 4.78 is 1.05. The fourth-order valence-corrected chi connectivity index (χ4v) is 2.49. The summed E-state index contributed by atoms with van der Waals surface area (Å²) in [5, 5.41) is 6.11. The molecule has 0 aliphatic carbocycles. The van der Waals surface area contributed by atoms with Gasteiger partial charge in [0.15, 0.2) is 0 Å². The van der Waals surface area contributed by atoms with Crippen molar-refractivity contribution < 1.29 is 4.79 Å². The van der Waals surface area contributed by atoms with Gasteiger partial charge in [0, 0.05) is 23.2 Å². The molecule has 0 radical (unpaired) electrons. The van der Waals surface area contributed by atoms with E-state index < -0.39 is 0 Å². The topological polar surface area (TPSA) is 41.1 Å². The molecule has 0 bridgehead atoms. The highest BCUT2D eigenvalue weighted by Gasteiger charge is 2.25. The summed E-state index contributed by atoms with van der Waals surface area (Å²) in [7, 11) is 0. The first kappa shape index (κ1) is 11.6. The third-order valence-electron chi connectivity index (χ3n) is 2.90. The summed E-state index contributed by atoms with van der Waals surface area (Å²) in [4.78, 5) is 11.8. The summed E-state index contributed by atoms with van der Waals surface area (Å²) in [6.45, 7) is 5.60. The van der Waals surface area contributed by atoms with E-state index >= 15 is 0 Å². The Balaban J connectivity index is 2.17. The molecule has 1 aromatic rings. The fourth-order valence-electron chi connectivity index (χ4n) is 1.81. The SMILES string of the molecule is Cc1cc(Br)cc(C)c1NC(=O)C1CNC1. The van der Waals surface area contributed by atoms with Crippen LogP contribution in [0.4, 0.5) is 5.69 Å². The van der Waals surface area contributed by atoms with E-state index in [2.05, 4.69) is 26.6 Å². The van der Waals surface area contributed by atoms with Crippen LogP contribution >= 0.6 is 15.9 Å². The van der Waals surface area contributed by atoms with Crippen LogP contribution in [-0.2, 0) is 4.79 Å². The minimum Gasteiger partial charge on any atom is -0.325 e. The third kappa shape index (κ3) is 2.28. The van der Waals surface area contributed by atoms with Crippen LogP contribution in [0.2, 0.25) is 0 Å². The van der Waals surface area contributed by atoms with E-state index in [0.717, 1.165) is 34.4 Å². The molecule has 0 saturated carbocycles. The molecule has 2 N–H and O–H groups in total. The highest BCUT2D eigenvalue weighted by molar-refractivity contribution is 9.10. The van der Waals surface area contributed by atoms with Crippen molar-refractivity contribution in [1.82, 2.24) is 5.32 Å². The maximum atomic E-state index is 11.8. The first-order valence-corrected chi connectivity index (χ1v) is 6.15. The summed E-state index contributed by atoms with van der Waals surface area (Å²) in [5.41, 5.74) is 3.13. The average Bonchev–Trinajstić information content (AvgIpc) is 2.08. The fraction of sp³-hybridized carbons (Fsp3) is 0.417. The molecule has 86 valence electrons. The van der Waals surface area contributed by atoms with Crippen molar-refractivity contribution in [2.45, 2.75) is 13.8 Å². The number of hydrogen-bond acceptors (Lipinski definition) is 2. The molecule has 0 spiro atoms. The number of carbonyl (C=O) groups is 1. The summed E-state index contributed by atoms with van der Waals surface area (Å²) in [5.74, 6) is 0.245. The molecule has 0 aromatic heterocycles. The monoisotopic (exact) mass is 282 g/mol. The zero-order chi connectivity index (χ0) is 11.7. The van der Waals surface area contributed by atoms with Gasteiger partial charge in [-0.3, -0.25) is 4.79 Å².